The van der Waals surface area contributed by atoms with Gasteiger partial charge in [0, 0.05) is 5.56 Å². The molecule has 2 amide bonds. The Morgan fingerprint density at radius 3 is 1.40 bits per heavy atom. The van der Waals surface area contributed by atoms with Crippen LogP contribution in [0.2, 0.25) is 10.0 Å². The van der Waals surface area contributed by atoms with Gasteiger partial charge in [-0.25, -0.2) is 4.79 Å². The van der Waals surface area contributed by atoms with E-state index in [2.05, 4.69) is 31.1 Å². The predicted octanol–water partition coefficient (Wildman–Crippen LogP) is 11.3. The number of halogens is 2. The molecule has 0 aliphatic heterocycles. The van der Waals surface area contributed by atoms with Gasteiger partial charge in [-0.15, -0.1) is 20.5 Å². The van der Waals surface area contributed by atoms with Crippen molar-refractivity contribution in [2.45, 2.75) is 20.8 Å². The van der Waals surface area contributed by atoms with Crippen LogP contribution in [0.4, 0.5) is 22.7 Å². The average molecular weight is 850 g/mol. The van der Waals surface area contributed by atoms with E-state index in [1.54, 1.807) is 91.9 Å². The highest BCUT2D eigenvalue weighted by molar-refractivity contribution is 6.34. The number of azo groups is 2. The molecule has 60 heavy (non-hydrogen) atoms. The molecule has 0 atom stereocenters. The summed E-state index contributed by atoms with van der Waals surface area (Å²) in [6.07, 6.45) is 0. The molecule has 0 saturated carbocycles. The Morgan fingerprint density at radius 2 is 0.983 bits per heavy atom. The molecule has 14 nitrogen and oxygen atoms in total. The number of ketones is 1. The molecule has 0 aliphatic rings. The molecule has 5 aromatic rings. The van der Waals surface area contributed by atoms with Crippen molar-refractivity contribution in [3.63, 3.8) is 0 Å². The van der Waals surface area contributed by atoms with Crippen LogP contribution < -0.4 is 20.1 Å². The monoisotopic (exact) mass is 848 g/mol. The molecule has 16 heteroatoms. The Labute approximate surface area is 355 Å². The molecule has 0 aromatic heterocycles. The summed E-state index contributed by atoms with van der Waals surface area (Å²) in [7, 11) is 4.36. The molecule has 0 fully saturated rings. The summed E-state index contributed by atoms with van der Waals surface area (Å²) in [6, 6.07) is 29.5. The number of anilines is 2. The number of hydrogen-bond donors (Lipinski definition) is 2. The fourth-order valence-corrected chi connectivity index (χ4v) is 5.77. The van der Waals surface area contributed by atoms with Gasteiger partial charge in [-0.1, -0.05) is 71.7 Å². The molecule has 0 saturated heterocycles. The van der Waals surface area contributed by atoms with Gasteiger partial charge in [0.1, 0.15) is 34.4 Å². The zero-order valence-electron chi connectivity index (χ0n) is 33.2. The summed E-state index contributed by atoms with van der Waals surface area (Å²) in [5.74, 6) is -1.37. The van der Waals surface area contributed by atoms with Crippen molar-refractivity contribution < 1.29 is 38.1 Å². The van der Waals surface area contributed by atoms with Crippen LogP contribution in [0.5, 0.6) is 11.5 Å². The van der Waals surface area contributed by atoms with Crippen molar-refractivity contribution in [3.05, 3.63) is 153 Å². The SMILES string of the molecule is COC(C)=C(N=Nc1ccc(-c2ccc(N=NC(C(=O)Nc3ccccc3OC)=C(C)OC(=O)c3ccc(C(C)=O)cc3)c(Cl)c2)cc1Cl)C(=O)Nc1ccccc1OC. The molecule has 0 unspecified atom stereocenters. The van der Waals surface area contributed by atoms with Gasteiger partial charge in [0.2, 0.25) is 0 Å². The van der Waals surface area contributed by atoms with Crippen LogP contribution in [-0.2, 0) is 19.1 Å². The third-order valence-electron chi connectivity index (χ3n) is 8.63. The largest absolute Gasteiger partial charge is 0.499 e. The highest BCUT2D eigenvalue weighted by Gasteiger charge is 2.21. The van der Waals surface area contributed by atoms with Gasteiger partial charge in [0.05, 0.1) is 48.3 Å². The fraction of sp³-hybridized carbons (Fsp3) is 0.136. The second-order valence-corrected chi connectivity index (χ2v) is 13.4. The van der Waals surface area contributed by atoms with Crippen molar-refractivity contribution in [2.24, 2.45) is 20.5 Å². The number of rotatable bonds is 15. The van der Waals surface area contributed by atoms with Crippen LogP contribution in [0.25, 0.3) is 11.1 Å². The number of hydrogen-bond acceptors (Lipinski definition) is 12. The predicted molar refractivity (Wildman–Crippen MR) is 228 cm³/mol. The Kier molecular flexibility index (Phi) is 15.0. The fourth-order valence-electron chi connectivity index (χ4n) is 5.34. The smallest absolute Gasteiger partial charge is 0.343 e. The minimum atomic E-state index is -0.787. The third-order valence-corrected chi connectivity index (χ3v) is 9.24. The summed E-state index contributed by atoms with van der Waals surface area (Å²) in [6.45, 7) is 4.38. The van der Waals surface area contributed by atoms with E-state index < -0.39 is 17.8 Å². The Balaban J connectivity index is 1.38. The standard InChI is InChI=1S/C44H38Cl2N6O8/c1-25(53)28-15-17-29(18-16-28)44(56)60-27(3)41(43(55)48-37-12-8-10-14-39(37)59-6)52-50-35-22-20-31(24-33(35)46)30-19-21-34(32(45)23-30)49-51-40(26(2)57-4)42(54)47-36-11-7-9-13-38(36)58-5/h7-24H,1-6H3,(H,47,54)(H,48,55). The van der Waals surface area contributed by atoms with Gasteiger partial charge in [-0.05, 0) is 92.6 Å². The number of carbonyl (C=O) groups is 4. The molecule has 0 spiro atoms. The second kappa shape index (κ2) is 20.5. The quantitative estimate of drug-likeness (QED) is 0.0343. The lowest BCUT2D eigenvalue weighted by Gasteiger charge is -2.12. The van der Waals surface area contributed by atoms with Crippen LogP contribution in [0.1, 0.15) is 41.5 Å². The second-order valence-electron chi connectivity index (χ2n) is 12.6. The number of nitrogens with zero attached hydrogens (tertiary/aromatic N) is 4. The summed E-state index contributed by atoms with van der Waals surface area (Å²) >= 11 is 13.3. The zero-order chi connectivity index (χ0) is 43.3. The van der Waals surface area contributed by atoms with Crippen molar-refractivity contribution in [3.8, 4) is 22.6 Å². The van der Waals surface area contributed by atoms with Gasteiger partial charge in [-0.3, -0.25) is 14.4 Å². The number of Topliss-reactive ketones (excluding diaryl/α,β-unsaturated/α-hetero) is 1. The number of methoxy groups -OCH3 is 3. The van der Waals surface area contributed by atoms with Gasteiger partial charge < -0.3 is 29.6 Å². The maximum atomic E-state index is 13.6. The molecule has 306 valence electrons. The van der Waals surface area contributed by atoms with Crippen LogP contribution >= 0.6 is 23.2 Å². The molecular formula is C44H38Cl2N6O8. The molecular weight excluding hydrogens is 811 g/mol. The maximum absolute atomic E-state index is 13.6. The molecule has 0 heterocycles. The number of esters is 1. The zero-order valence-corrected chi connectivity index (χ0v) is 34.7. The van der Waals surface area contributed by atoms with Crippen molar-refractivity contribution in [1.29, 1.82) is 0 Å². The maximum Gasteiger partial charge on any atom is 0.343 e. The van der Waals surface area contributed by atoms with E-state index in [9.17, 15) is 19.2 Å². The number of amides is 2. The van der Waals surface area contributed by atoms with Gasteiger partial charge in [-0.2, -0.15) is 0 Å². The first kappa shape index (κ1) is 44.0. The van der Waals surface area contributed by atoms with E-state index in [1.165, 1.54) is 59.4 Å². The molecule has 0 aliphatic carbocycles. The minimum absolute atomic E-state index is 0.0795. The van der Waals surface area contributed by atoms with E-state index in [-0.39, 0.29) is 55.7 Å². The summed E-state index contributed by atoms with van der Waals surface area (Å²) in [4.78, 5) is 51.6. The first-order chi connectivity index (χ1) is 28.8. The molecule has 2 N–H and O–H groups in total. The lowest BCUT2D eigenvalue weighted by molar-refractivity contribution is -0.114. The van der Waals surface area contributed by atoms with Crippen molar-refractivity contribution >= 4 is 69.5 Å². The average Bonchev–Trinajstić information content (AvgIpc) is 3.24. The van der Waals surface area contributed by atoms with E-state index in [0.29, 0.717) is 39.6 Å². The van der Waals surface area contributed by atoms with E-state index in [1.807, 2.05) is 0 Å². The van der Waals surface area contributed by atoms with E-state index in [4.69, 9.17) is 42.1 Å². The number of ether oxygens (including phenoxy) is 4. The summed E-state index contributed by atoms with van der Waals surface area (Å²) < 4.78 is 21.5. The molecule has 5 rings (SSSR count). The number of para-hydroxylation sites is 4. The summed E-state index contributed by atoms with van der Waals surface area (Å²) in [5.41, 5.74) is 2.71. The van der Waals surface area contributed by atoms with Crippen molar-refractivity contribution in [2.75, 3.05) is 32.0 Å². The lowest BCUT2D eigenvalue weighted by atomic mass is 10.1. The highest BCUT2D eigenvalue weighted by atomic mass is 35.5. The third kappa shape index (κ3) is 11.1. The highest BCUT2D eigenvalue weighted by Crippen LogP contribution is 2.36. The number of benzene rings is 5. The molecule has 0 bridgehead atoms. The van der Waals surface area contributed by atoms with Crippen molar-refractivity contribution in [1.82, 2.24) is 0 Å². The first-order valence-electron chi connectivity index (χ1n) is 17.9. The van der Waals surface area contributed by atoms with Crippen LogP contribution in [-0.4, -0.2) is 44.9 Å². The van der Waals surface area contributed by atoms with Crippen LogP contribution in [0, 0.1) is 0 Å². The Morgan fingerprint density at radius 1 is 0.550 bits per heavy atom. The van der Waals surface area contributed by atoms with E-state index in [0.717, 1.165) is 0 Å². The Hall–Kier alpha value is -7.16. The number of allylic oxidation sites excluding steroid dienone is 2. The topological polar surface area (TPSA) is 179 Å². The Bertz CT molecular complexity index is 2570. The van der Waals surface area contributed by atoms with Crippen LogP contribution in [0.15, 0.2) is 153 Å². The molecule has 0 radical (unpaired) electrons. The van der Waals surface area contributed by atoms with Crippen LogP contribution in [0.3, 0.4) is 0 Å². The number of nitrogens with one attached hydrogen (secondary N) is 2. The summed E-state index contributed by atoms with van der Waals surface area (Å²) in [5, 5.41) is 22.6. The molecule has 5 aromatic carbocycles. The van der Waals surface area contributed by atoms with Gasteiger partial charge in [0.15, 0.2) is 17.2 Å². The van der Waals surface area contributed by atoms with Gasteiger partial charge >= 0.3 is 5.97 Å². The van der Waals surface area contributed by atoms with Gasteiger partial charge in [0.25, 0.3) is 11.8 Å². The lowest BCUT2D eigenvalue weighted by Crippen LogP contribution is -2.17. The number of carbonyl (C=O) groups excluding carboxylic acids is 4. The van der Waals surface area contributed by atoms with E-state index >= 15 is 0 Å². The normalized spacial score (nSPS) is 12.0. The first-order valence-corrected chi connectivity index (χ1v) is 18.7. The minimum Gasteiger partial charge on any atom is -0.499 e.